The van der Waals surface area contributed by atoms with E-state index in [9.17, 15) is 4.79 Å². The van der Waals surface area contributed by atoms with Crippen molar-refractivity contribution in [2.45, 2.75) is 32.7 Å². The van der Waals surface area contributed by atoms with Gasteiger partial charge in [0.1, 0.15) is 11.3 Å². The van der Waals surface area contributed by atoms with E-state index < -0.39 is 0 Å². The molecule has 0 aromatic carbocycles. The zero-order chi connectivity index (χ0) is 15.8. The number of carbonyl (C=O) groups excluding carboxylic acids is 1. The highest BCUT2D eigenvalue weighted by Crippen LogP contribution is 2.37. The summed E-state index contributed by atoms with van der Waals surface area (Å²) in [7, 11) is 0. The second-order valence-corrected chi connectivity index (χ2v) is 6.29. The number of nitrogens with one attached hydrogen (secondary N) is 1. The topological polar surface area (TPSA) is 112 Å². The molecule has 118 valence electrons. The first-order valence-corrected chi connectivity index (χ1v) is 7.99. The maximum absolute atomic E-state index is 12.7. The number of rotatable bonds is 4. The van der Waals surface area contributed by atoms with Crippen LogP contribution in [0.5, 0.6) is 0 Å². The molecule has 0 bridgehead atoms. The van der Waals surface area contributed by atoms with Crippen LogP contribution in [0.25, 0.3) is 5.00 Å². The molecule has 4 rings (SSSR count). The minimum atomic E-state index is -0.175. The van der Waals surface area contributed by atoms with Gasteiger partial charge in [-0.2, -0.15) is 9.67 Å². The molecule has 1 amide bonds. The summed E-state index contributed by atoms with van der Waals surface area (Å²) in [4.78, 5) is 18.0. The van der Waals surface area contributed by atoms with Crippen LogP contribution in [0.15, 0.2) is 10.9 Å². The van der Waals surface area contributed by atoms with Gasteiger partial charge in [0.25, 0.3) is 5.91 Å². The molecule has 0 fully saturated rings. The van der Waals surface area contributed by atoms with Crippen LogP contribution in [-0.4, -0.2) is 36.3 Å². The first kappa shape index (κ1) is 14.0. The van der Waals surface area contributed by atoms with Crippen molar-refractivity contribution in [3.8, 4) is 5.00 Å². The maximum Gasteiger partial charge on any atom is 0.255 e. The van der Waals surface area contributed by atoms with Crippen LogP contribution in [0.3, 0.4) is 0 Å². The number of aryl methyl sites for hydroxylation is 2. The van der Waals surface area contributed by atoms with Gasteiger partial charge in [0.15, 0.2) is 5.82 Å². The molecule has 0 spiro atoms. The van der Waals surface area contributed by atoms with Crippen molar-refractivity contribution in [1.29, 1.82) is 0 Å². The zero-order valence-electron chi connectivity index (χ0n) is 12.3. The predicted molar refractivity (Wildman–Crippen MR) is 79.3 cm³/mol. The van der Waals surface area contributed by atoms with Gasteiger partial charge in [-0.1, -0.05) is 5.16 Å². The van der Waals surface area contributed by atoms with Gasteiger partial charge in [-0.25, -0.2) is 0 Å². The van der Waals surface area contributed by atoms with Crippen LogP contribution < -0.4 is 5.32 Å². The van der Waals surface area contributed by atoms with E-state index in [1.54, 1.807) is 18.3 Å². The second-order valence-electron chi connectivity index (χ2n) is 5.21. The number of tetrazole rings is 1. The van der Waals surface area contributed by atoms with Gasteiger partial charge in [-0.3, -0.25) is 4.79 Å². The highest BCUT2D eigenvalue weighted by Gasteiger charge is 2.28. The summed E-state index contributed by atoms with van der Waals surface area (Å²) in [6.07, 6.45) is 4.46. The third-order valence-corrected chi connectivity index (χ3v) is 4.94. The van der Waals surface area contributed by atoms with Crippen molar-refractivity contribution in [3.63, 3.8) is 0 Å². The molecule has 9 nitrogen and oxygen atoms in total. The van der Waals surface area contributed by atoms with E-state index in [0.29, 0.717) is 17.3 Å². The van der Waals surface area contributed by atoms with Crippen molar-refractivity contribution in [2.75, 3.05) is 0 Å². The Hall–Kier alpha value is -2.62. The van der Waals surface area contributed by atoms with Crippen LogP contribution in [0.1, 0.15) is 38.9 Å². The van der Waals surface area contributed by atoms with Gasteiger partial charge in [-0.15, -0.1) is 16.4 Å². The summed E-state index contributed by atoms with van der Waals surface area (Å²) >= 11 is 1.57. The van der Waals surface area contributed by atoms with Gasteiger partial charge in [0, 0.05) is 4.88 Å². The molecule has 0 saturated carbocycles. The molecule has 10 heteroatoms. The molecule has 1 aliphatic rings. The normalized spacial score (nSPS) is 13.3. The van der Waals surface area contributed by atoms with Gasteiger partial charge in [0.2, 0.25) is 5.89 Å². The molecule has 0 aliphatic heterocycles. The number of aromatic nitrogens is 6. The van der Waals surface area contributed by atoms with Crippen molar-refractivity contribution < 1.29 is 9.32 Å². The van der Waals surface area contributed by atoms with E-state index in [1.165, 1.54) is 15.9 Å². The summed E-state index contributed by atoms with van der Waals surface area (Å²) in [6, 6.07) is 0. The molecule has 3 aromatic rings. The number of carbonyl (C=O) groups is 1. The summed E-state index contributed by atoms with van der Waals surface area (Å²) in [5.41, 5.74) is 1.74. The van der Waals surface area contributed by atoms with Crippen molar-refractivity contribution in [3.05, 3.63) is 34.0 Å². The van der Waals surface area contributed by atoms with Crippen LogP contribution in [0.2, 0.25) is 0 Å². The molecule has 0 unspecified atom stereocenters. The number of thiophene rings is 1. The number of nitrogens with zero attached hydrogens (tertiary/aromatic N) is 6. The Morgan fingerprint density at radius 3 is 3.13 bits per heavy atom. The Morgan fingerprint density at radius 1 is 1.48 bits per heavy atom. The third kappa shape index (κ3) is 2.50. The molecular formula is C13H13N7O2S. The number of hydrogen-bond donors (Lipinski definition) is 1. The van der Waals surface area contributed by atoms with E-state index in [1.807, 2.05) is 0 Å². The molecular weight excluding hydrogens is 318 g/mol. The SMILES string of the molecule is Cc1noc(CNC(=O)c2c(-n3cnnn3)sc3c2CCC3)n1. The zero-order valence-corrected chi connectivity index (χ0v) is 13.1. The Bertz CT molecular complexity index is 852. The predicted octanol–water partition coefficient (Wildman–Crippen LogP) is 0.834. The fourth-order valence-corrected chi connectivity index (χ4v) is 4.00. The maximum atomic E-state index is 12.7. The van der Waals surface area contributed by atoms with Crippen molar-refractivity contribution >= 4 is 17.2 Å². The molecule has 23 heavy (non-hydrogen) atoms. The molecule has 1 aliphatic carbocycles. The molecule has 3 heterocycles. The molecule has 3 aromatic heterocycles. The van der Waals surface area contributed by atoms with E-state index in [4.69, 9.17) is 4.52 Å². The Kier molecular flexibility index (Phi) is 3.37. The summed E-state index contributed by atoms with van der Waals surface area (Å²) in [5.74, 6) is 0.748. The van der Waals surface area contributed by atoms with Crippen LogP contribution >= 0.6 is 11.3 Å². The second kappa shape index (κ2) is 5.54. The minimum Gasteiger partial charge on any atom is -0.343 e. The smallest absolute Gasteiger partial charge is 0.255 e. The quantitative estimate of drug-likeness (QED) is 0.753. The lowest BCUT2D eigenvalue weighted by atomic mass is 10.1. The van der Waals surface area contributed by atoms with Gasteiger partial charge < -0.3 is 9.84 Å². The van der Waals surface area contributed by atoms with E-state index in [2.05, 4.69) is 31.0 Å². The lowest BCUT2D eigenvalue weighted by molar-refractivity contribution is 0.0945. The van der Waals surface area contributed by atoms with Gasteiger partial charge in [-0.05, 0) is 42.2 Å². The average Bonchev–Trinajstić information content (AvgIpc) is 3.28. The monoisotopic (exact) mass is 331 g/mol. The lowest BCUT2D eigenvalue weighted by Gasteiger charge is -2.06. The summed E-state index contributed by atoms with van der Waals surface area (Å²) < 4.78 is 6.55. The van der Waals surface area contributed by atoms with E-state index >= 15 is 0 Å². The van der Waals surface area contributed by atoms with Gasteiger partial charge >= 0.3 is 0 Å². The first-order valence-electron chi connectivity index (χ1n) is 7.17. The minimum absolute atomic E-state index is 0.175. The Morgan fingerprint density at radius 2 is 2.39 bits per heavy atom. The largest absolute Gasteiger partial charge is 0.343 e. The standard InChI is InChI=1S/C13H13N7O2S/c1-7-16-10(22-17-7)5-14-12(21)11-8-3-2-4-9(8)23-13(11)20-6-15-18-19-20/h6H,2-5H2,1H3,(H,14,21). The lowest BCUT2D eigenvalue weighted by Crippen LogP contribution is -2.24. The average molecular weight is 331 g/mol. The highest BCUT2D eigenvalue weighted by molar-refractivity contribution is 7.15. The van der Waals surface area contributed by atoms with E-state index in [0.717, 1.165) is 29.8 Å². The fourth-order valence-electron chi connectivity index (χ4n) is 2.70. The molecule has 0 radical (unpaired) electrons. The Labute approximate surface area is 134 Å². The van der Waals surface area contributed by atoms with Crippen LogP contribution in [0, 0.1) is 6.92 Å². The molecule has 0 saturated heterocycles. The number of hydrogen-bond acceptors (Lipinski definition) is 8. The number of amides is 1. The van der Waals surface area contributed by atoms with Crippen molar-refractivity contribution in [1.82, 2.24) is 35.7 Å². The summed E-state index contributed by atoms with van der Waals surface area (Å²) in [6.45, 7) is 1.93. The molecule has 0 atom stereocenters. The van der Waals surface area contributed by atoms with Gasteiger partial charge in [0.05, 0.1) is 12.1 Å². The van der Waals surface area contributed by atoms with E-state index in [-0.39, 0.29) is 12.5 Å². The van der Waals surface area contributed by atoms with Crippen LogP contribution in [0.4, 0.5) is 0 Å². The van der Waals surface area contributed by atoms with Crippen molar-refractivity contribution in [2.24, 2.45) is 0 Å². The number of fused-ring (bicyclic) bond motifs is 1. The highest BCUT2D eigenvalue weighted by atomic mass is 32.1. The first-order chi connectivity index (χ1) is 11.2. The Balaban J connectivity index is 1.63. The van der Waals surface area contributed by atoms with Crippen LogP contribution in [-0.2, 0) is 19.4 Å². The molecule has 1 N–H and O–H groups in total. The summed E-state index contributed by atoms with van der Waals surface area (Å²) in [5, 5.41) is 18.5. The third-order valence-electron chi connectivity index (χ3n) is 3.66. The fraction of sp³-hybridized carbons (Fsp3) is 0.385.